The molecule has 0 saturated heterocycles. The Morgan fingerprint density at radius 1 is 1.33 bits per heavy atom. The normalized spacial score (nSPS) is 12.8. The lowest BCUT2D eigenvalue weighted by Gasteiger charge is -2.17. The molecular weight excluding hydrogens is 216 g/mol. The number of nitrogens with one attached hydrogen (secondary N) is 1. The summed E-state index contributed by atoms with van der Waals surface area (Å²) in [6, 6.07) is 3.72. The third kappa shape index (κ3) is 3.18. The van der Waals surface area contributed by atoms with Crippen molar-refractivity contribution in [2.45, 2.75) is 12.5 Å². The van der Waals surface area contributed by atoms with Crippen LogP contribution in [0.3, 0.4) is 0 Å². The van der Waals surface area contributed by atoms with Gasteiger partial charge >= 0.3 is 0 Å². The second-order valence-electron chi connectivity index (χ2n) is 3.26. The Labute approximate surface area is 93.3 Å². The summed E-state index contributed by atoms with van der Waals surface area (Å²) in [6.07, 6.45) is 2.69. The molecule has 1 rings (SSSR count). The Kier molecular flexibility index (Phi) is 5.05. The van der Waals surface area contributed by atoms with Gasteiger partial charge in [0.05, 0.1) is 0 Å². The summed E-state index contributed by atoms with van der Waals surface area (Å²) in [4.78, 5) is 0. The van der Waals surface area contributed by atoms with Crippen LogP contribution in [0.4, 0.5) is 8.78 Å². The van der Waals surface area contributed by atoms with Gasteiger partial charge in [-0.3, -0.25) is 0 Å². The zero-order chi connectivity index (χ0) is 11.3. The zero-order valence-electron chi connectivity index (χ0n) is 8.89. The monoisotopic (exact) mass is 231 g/mol. The van der Waals surface area contributed by atoms with Crippen LogP contribution in [0.5, 0.6) is 0 Å². The molecule has 0 saturated carbocycles. The number of rotatable bonds is 5. The number of halogens is 2. The molecule has 1 aromatic rings. The zero-order valence-corrected chi connectivity index (χ0v) is 9.70. The van der Waals surface area contributed by atoms with Crippen LogP contribution in [-0.2, 0) is 0 Å². The molecule has 4 heteroatoms. The van der Waals surface area contributed by atoms with Crippen LogP contribution < -0.4 is 5.32 Å². The maximum absolute atomic E-state index is 13.4. The molecule has 0 amide bonds. The molecule has 0 bridgehead atoms. The van der Waals surface area contributed by atoms with Crippen LogP contribution in [0.1, 0.15) is 18.0 Å². The van der Waals surface area contributed by atoms with E-state index in [0.29, 0.717) is 0 Å². The van der Waals surface area contributed by atoms with Crippen LogP contribution in [-0.4, -0.2) is 19.1 Å². The van der Waals surface area contributed by atoms with E-state index < -0.39 is 11.6 Å². The van der Waals surface area contributed by atoms with Gasteiger partial charge in [-0.15, -0.1) is 0 Å². The Morgan fingerprint density at radius 2 is 1.93 bits per heavy atom. The minimum atomic E-state index is -0.476. The lowest BCUT2D eigenvalue weighted by molar-refractivity contribution is 0.485. The van der Waals surface area contributed by atoms with Crippen molar-refractivity contribution in [3.05, 3.63) is 35.4 Å². The summed E-state index contributed by atoms with van der Waals surface area (Å²) in [5.74, 6) is -0.0786. The van der Waals surface area contributed by atoms with E-state index in [1.165, 1.54) is 18.2 Å². The molecule has 0 radical (unpaired) electrons. The summed E-state index contributed by atoms with van der Waals surface area (Å²) in [5.41, 5.74) is 0.147. The molecule has 0 aliphatic carbocycles. The first-order valence-electron chi connectivity index (χ1n) is 4.80. The van der Waals surface area contributed by atoms with Crippen molar-refractivity contribution in [1.29, 1.82) is 0 Å². The van der Waals surface area contributed by atoms with Gasteiger partial charge in [-0.05, 0) is 37.6 Å². The Bertz CT molecular complexity index is 297. The molecule has 1 aromatic carbocycles. The van der Waals surface area contributed by atoms with E-state index in [9.17, 15) is 8.78 Å². The quantitative estimate of drug-likeness (QED) is 0.836. The molecule has 0 heterocycles. The van der Waals surface area contributed by atoms with Crippen LogP contribution in [0.15, 0.2) is 18.2 Å². The molecule has 1 N–H and O–H groups in total. The van der Waals surface area contributed by atoms with Gasteiger partial charge in [0.25, 0.3) is 0 Å². The van der Waals surface area contributed by atoms with Gasteiger partial charge in [0.1, 0.15) is 11.6 Å². The molecule has 1 nitrogen and oxygen atoms in total. The Balaban J connectivity index is 2.90. The van der Waals surface area contributed by atoms with Crippen molar-refractivity contribution >= 4 is 11.8 Å². The highest BCUT2D eigenvalue weighted by atomic mass is 32.2. The van der Waals surface area contributed by atoms with Crippen LogP contribution in [0.2, 0.25) is 0 Å². The Hall–Kier alpha value is -0.610. The summed E-state index contributed by atoms with van der Waals surface area (Å²) in [5, 5.41) is 2.94. The molecule has 84 valence electrons. The van der Waals surface area contributed by atoms with Crippen molar-refractivity contribution in [3.63, 3.8) is 0 Å². The van der Waals surface area contributed by atoms with E-state index in [-0.39, 0.29) is 11.6 Å². The standard InChI is InChI=1S/C11H15F2NS/c1-14-10(6-7-15-2)11-8(12)4-3-5-9(11)13/h3-5,10,14H,6-7H2,1-2H3. The molecule has 1 atom stereocenters. The van der Waals surface area contributed by atoms with Gasteiger partial charge in [0.2, 0.25) is 0 Å². The van der Waals surface area contributed by atoms with Gasteiger partial charge in [0.15, 0.2) is 0 Å². The van der Waals surface area contributed by atoms with Crippen molar-refractivity contribution < 1.29 is 8.78 Å². The van der Waals surface area contributed by atoms with Crippen molar-refractivity contribution in [3.8, 4) is 0 Å². The number of hydrogen-bond acceptors (Lipinski definition) is 2. The lowest BCUT2D eigenvalue weighted by Crippen LogP contribution is -2.19. The summed E-state index contributed by atoms with van der Waals surface area (Å²) in [6.45, 7) is 0. The number of hydrogen-bond donors (Lipinski definition) is 1. The molecule has 0 aromatic heterocycles. The van der Waals surface area contributed by atoms with Gasteiger partial charge in [-0.25, -0.2) is 8.78 Å². The number of thioether (sulfide) groups is 1. The van der Waals surface area contributed by atoms with E-state index >= 15 is 0 Å². The fourth-order valence-corrected chi connectivity index (χ4v) is 1.98. The molecule has 15 heavy (non-hydrogen) atoms. The highest BCUT2D eigenvalue weighted by molar-refractivity contribution is 7.98. The van der Waals surface area contributed by atoms with Crippen LogP contribution >= 0.6 is 11.8 Å². The highest BCUT2D eigenvalue weighted by Gasteiger charge is 2.17. The first kappa shape index (κ1) is 12.5. The van der Waals surface area contributed by atoms with E-state index in [0.717, 1.165) is 12.2 Å². The van der Waals surface area contributed by atoms with E-state index in [1.54, 1.807) is 18.8 Å². The van der Waals surface area contributed by atoms with Crippen LogP contribution in [0, 0.1) is 11.6 Å². The van der Waals surface area contributed by atoms with Gasteiger partial charge in [0, 0.05) is 11.6 Å². The minimum absolute atomic E-state index is 0.147. The molecular formula is C11H15F2NS. The smallest absolute Gasteiger partial charge is 0.130 e. The summed E-state index contributed by atoms with van der Waals surface area (Å²) >= 11 is 1.67. The van der Waals surface area contributed by atoms with Crippen molar-refractivity contribution in [2.75, 3.05) is 19.1 Å². The van der Waals surface area contributed by atoms with E-state index in [2.05, 4.69) is 5.32 Å². The topological polar surface area (TPSA) is 12.0 Å². The highest BCUT2D eigenvalue weighted by Crippen LogP contribution is 2.23. The van der Waals surface area contributed by atoms with Crippen molar-refractivity contribution in [2.24, 2.45) is 0 Å². The van der Waals surface area contributed by atoms with Gasteiger partial charge in [-0.2, -0.15) is 11.8 Å². The number of benzene rings is 1. The maximum atomic E-state index is 13.4. The average Bonchev–Trinajstić information content (AvgIpc) is 2.22. The van der Waals surface area contributed by atoms with E-state index in [4.69, 9.17) is 0 Å². The molecule has 0 fully saturated rings. The molecule has 0 aliphatic heterocycles. The third-order valence-electron chi connectivity index (χ3n) is 2.31. The van der Waals surface area contributed by atoms with E-state index in [1.807, 2.05) is 6.26 Å². The first-order valence-corrected chi connectivity index (χ1v) is 6.20. The van der Waals surface area contributed by atoms with Crippen molar-refractivity contribution in [1.82, 2.24) is 5.32 Å². The predicted octanol–water partition coefficient (Wildman–Crippen LogP) is 2.98. The second kappa shape index (κ2) is 6.08. The average molecular weight is 231 g/mol. The molecule has 0 aliphatic rings. The predicted molar refractivity (Wildman–Crippen MR) is 61.2 cm³/mol. The largest absolute Gasteiger partial charge is 0.313 e. The molecule has 0 spiro atoms. The third-order valence-corrected chi connectivity index (χ3v) is 2.95. The second-order valence-corrected chi connectivity index (χ2v) is 4.24. The van der Waals surface area contributed by atoms with Gasteiger partial charge in [-0.1, -0.05) is 6.07 Å². The SMILES string of the molecule is CNC(CCSC)c1c(F)cccc1F. The Morgan fingerprint density at radius 3 is 2.40 bits per heavy atom. The minimum Gasteiger partial charge on any atom is -0.313 e. The summed E-state index contributed by atoms with van der Waals surface area (Å²) in [7, 11) is 1.72. The maximum Gasteiger partial charge on any atom is 0.130 e. The fourth-order valence-electron chi connectivity index (χ4n) is 1.51. The molecule has 1 unspecified atom stereocenters. The van der Waals surface area contributed by atoms with Crippen LogP contribution in [0.25, 0.3) is 0 Å². The first-order chi connectivity index (χ1) is 7.20. The summed E-state index contributed by atoms with van der Waals surface area (Å²) < 4.78 is 26.9. The fraction of sp³-hybridized carbons (Fsp3) is 0.455. The van der Waals surface area contributed by atoms with Gasteiger partial charge < -0.3 is 5.32 Å². The lowest BCUT2D eigenvalue weighted by atomic mass is 10.0.